The zero-order valence-corrected chi connectivity index (χ0v) is 6.05. The highest BCUT2D eigenvalue weighted by Crippen LogP contribution is 2.09. The summed E-state index contributed by atoms with van der Waals surface area (Å²) in [6.45, 7) is 4.26. The van der Waals surface area contributed by atoms with Crippen molar-refractivity contribution in [3.63, 3.8) is 0 Å². The van der Waals surface area contributed by atoms with Crippen LogP contribution in [0, 0.1) is 18.4 Å². The van der Waals surface area contributed by atoms with Crippen LogP contribution in [0.2, 0.25) is 0 Å². The van der Waals surface area contributed by atoms with Gasteiger partial charge in [0, 0.05) is 13.0 Å². The molecular weight excluding hydrogens is 126 g/mol. The molecule has 1 saturated heterocycles. The summed E-state index contributed by atoms with van der Waals surface area (Å²) in [7, 11) is 0. The van der Waals surface area contributed by atoms with Crippen LogP contribution in [0.25, 0.3) is 0 Å². The first-order valence-corrected chi connectivity index (χ1v) is 3.39. The van der Waals surface area contributed by atoms with Crippen molar-refractivity contribution in [3.8, 4) is 11.8 Å². The van der Waals surface area contributed by atoms with E-state index in [-0.39, 0.29) is 5.91 Å². The van der Waals surface area contributed by atoms with Gasteiger partial charge in [0.25, 0.3) is 0 Å². The number of hydrogen-bond acceptors (Lipinski definition) is 1. The predicted octanol–water partition coefficient (Wildman–Crippen LogP) is 0.794. The highest BCUT2D eigenvalue weighted by molar-refractivity contribution is 5.79. The third kappa shape index (κ3) is 1.51. The molecule has 1 aliphatic rings. The summed E-state index contributed by atoms with van der Waals surface area (Å²) in [4.78, 5) is 12.6. The number of amides is 1. The molecule has 2 nitrogen and oxygen atoms in total. The molecule has 1 aliphatic heterocycles. The monoisotopic (exact) mass is 136 g/mol. The van der Waals surface area contributed by atoms with Crippen LogP contribution in [-0.4, -0.2) is 17.4 Å². The molecule has 0 N–H and O–H groups in total. The molecule has 0 unspecified atom stereocenters. The summed E-state index contributed by atoms with van der Waals surface area (Å²) in [6.07, 6.45) is 1.66. The first kappa shape index (κ1) is 7.14. The average Bonchev–Trinajstić information content (AvgIpc) is 2.31. The highest BCUT2D eigenvalue weighted by Gasteiger charge is 2.18. The molecule has 0 atom stereocenters. The van der Waals surface area contributed by atoms with Crippen LogP contribution in [0.5, 0.6) is 0 Å². The van der Waals surface area contributed by atoms with E-state index in [1.807, 2.05) is 0 Å². The van der Waals surface area contributed by atoms with Gasteiger partial charge in [0.15, 0.2) is 0 Å². The fourth-order valence-corrected chi connectivity index (χ4v) is 0.948. The van der Waals surface area contributed by atoms with Gasteiger partial charge < -0.3 is 4.90 Å². The van der Waals surface area contributed by atoms with Crippen LogP contribution in [-0.2, 0) is 4.79 Å². The normalized spacial score (nSPS) is 16.9. The molecule has 53 valence electrons. The zero-order valence-electron chi connectivity index (χ0n) is 6.05. The van der Waals surface area contributed by atoms with E-state index in [1.54, 1.807) is 18.4 Å². The summed E-state index contributed by atoms with van der Waals surface area (Å²) in [6, 6.07) is 0. The van der Waals surface area contributed by atoms with Gasteiger partial charge in [-0.05, 0) is 13.3 Å². The molecule has 1 rings (SSSR count). The van der Waals surface area contributed by atoms with E-state index in [9.17, 15) is 4.79 Å². The second-order valence-electron chi connectivity index (χ2n) is 2.21. The Bertz CT molecular complexity index is 187. The van der Waals surface area contributed by atoms with Crippen molar-refractivity contribution in [1.29, 1.82) is 0 Å². The Morgan fingerprint density at radius 2 is 2.50 bits per heavy atom. The van der Waals surface area contributed by atoms with Crippen LogP contribution in [0.1, 0.15) is 19.8 Å². The Kier molecular flexibility index (Phi) is 2.33. The molecule has 1 radical (unpaired) electrons. The van der Waals surface area contributed by atoms with Crippen LogP contribution in [0.4, 0.5) is 0 Å². The Balaban J connectivity index is 2.38. The first-order chi connectivity index (χ1) is 4.84. The largest absolute Gasteiger partial charge is 0.326 e. The molecule has 0 aliphatic carbocycles. The van der Waals surface area contributed by atoms with E-state index >= 15 is 0 Å². The van der Waals surface area contributed by atoms with Crippen LogP contribution in [0.3, 0.4) is 0 Å². The quantitative estimate of drug-likeness (QED) is 0.488. The summed E-state index contributed by atoms with van der Waals surface area (Å²) in [5, 5.41) is 0. The number of carbonyl (C=O) groups excluding carboxylic acids is 1. The van der Waals surface area contributed by atoms with Gasteiger partial charge in [-0.2, -0.15) is 0 Å². The molecular formula is C8H10NO. The Morgan fingerprint density at radius 1 is 1.70 bits per heavy atom. The summed E-state index contributed by atoms with van der Waals surface area (Å²) >= 11 is 0. The molecule has 2 heteroatoms. The van der Waals surface area contributed by atoms with Crippen molar-refractivity contribution in [2.75, 3.05) is 6.54 Å². The van der Waals surface area contributed by atoms with E-state index in [0.29, 0.717) is 6.42 Å². The van der Waals surface area contributed by atoms with Gasteiger partial charge in [-0.25, -0.2) is 0 Å². The topological polar surface area (TPSA) is 20.3 Å². The Morgan fingerprint density at radius 3 is 3.00 bits per heavy atom. The number of rotatable bonds is 1. The van der Waals surface area contributed by atoms with Crippen molar-refractivity contribution < 1.29 is 4.79 Å². The van der Waals surface area contributed by atoms with Gasteiger partial charge in [-0.15, -0.1) is 5.92 Å². The lowest BCUT2D eigenvalue weighted by molar-refractivity contribution is -0.126. The van der Waals surface area contributed by atoms with E-state index in [4.69, 9.17) is 0 Å². The molecule has 0 aromatic rings. The fourth-order valence-electron chi connectivity index (χ4n) is 0.948. The number of likely N-dealkylation sites (tertiary alicyclic amines) is 1. The van der Waals surface area contributed by atoms with Gasteiger partial charge in [-0.3, -0.25) is 4.79 Å². The van der Waals surface area contributed by atoms with Crippen molar-refractivity contribution in [3.05, 3.63) is 6.54 Å². The number of carbonyl (C=O) groups is 1. The highest BCUT2D eigenvalue weighted by atomic mass is 16.2. The molecule has 0 aromatic carbocycles. The third-order valence-corrected chi connectivity index (χ3v) is 1.47. The molecule has 1 fully saturated rings. The molecule has 0 saturated carbocycles. The molecule has 0 spiro atoms. The van der Waals surface area contributed by atoms with Crippen molar-refractivity contribution in [2.24, 2.45) is 0 Å². The standard InChI is InChI=1S/C8H10NO/c1-2-3-6-9-7-4-5-8(9)10/h6H,4-5,7H2,1H3. The van der Waals surface area contributed by atoms with Crippen molar-refractivity contribution >= 4 is 5.91 Å². The Labute approximate surface area is 61.2 Å². The lowest BCUT2D eigenvalue weighted by Gasteiger charge is -2.08. The molecule has 10 heavy (non-hydrogen) atoms. The second kappa shape index (κ2) is 3.26. The maximum atomic E-state index is 10.9. The van der Waals surface area contributed by atoms with Gasteiger partial charge in [-0.1, -0.05) is 5.92 Å². The maximum Gasteiger partial charge on any atom is 0.223 e. The summed E-state index contributed by atoms with van der Waals surface area (Å²) in [5.41, 5.74) is 0. The molecule has 0 aromatic heterocycles. The smallest absolute Gasteiger partial charge is 0.223 e. The number of hydrogen-bond donors (Lipinski definition) is 0. The lowest BCUT2D eigenvalue weighted by atomic mass is 10.4. The summed E-state index contributed by atoms with van der Waals surface area (Å²) in [5.74, 6) is 5.66. The maximum absolute atomic E-state index is 10.9. The van der Waals surface area contributed by atoms with E-state index in [1.165, 1.54) is 0 Å². The predicted molar refractivity (Wildman–Crippen MR) is 38.7 cm³/mol. The van der Waals surface area contributed by atoms with E-state index in [2.05, 4.69) is 11.8 Å². The van der Waals surface area contributed by atoms with Crippen LogP contribution in [0.15, 0.2) is 0 Å². The van der Waals surface area contributed by atoms with Crippen molar-refractivity contribution in [2.45, 2.75) is 19.8 Å². The second-order valence-corrected chi connectivity index (χ2v) is 2.21. The summed E-state index contributed by atoms with van der Waals surface area (Å²) < 4.78 is 0. The SMILES string of the molecule is CC#C[CH]N1CCCC1=O. The van der Waals surface area contributed by atoms with E-state index < -0.39 is 0 Å². The minimum Gasteiger partial charge on any atom is -0.326 e. The fraction of sp³-hybridized carbons (Fsp3) is 0.500. The van der Waals surface area contributed by atoms with Gasteiger partial charge >= 0.3 is 0 Å². The van der Waals surface area contributed by atoms with Crippen LogP contribution < -0.4 is 0 Å². The zero-order chi connectivity index (χ0) is 7.40. The third-order valence-electron chi connectivity index (χ3n) is 1.47. The van der Waals surface area contributed by atoms with Gasteiger partial charge in [0.2, 0.25) is 5.91 Å². The van der Waals surface area contributed by atoms with Crippen molar-refractivity contribution in [1.82, 2.24) is 4.90 Å². The Hall–Kier alpha value is -0.970. The molecule has 1 amide bonds. The number of nitrogens with zero attached hydrogens (tertiary/aromatic N) is 1. The van der Waals surface area contributed by atoms with E-state index in [0.717, 1.165) is 13.0 Å². The minimum absolute atomic E-state index is 0.197. The van der Waals surface area contributed by atoms with Gasteiger partial charge in [0.1, 0.15) is 6.54 Å². The average molecular weight is 136 g/mol. The van der Waals surface area contributed by atoms with Gasteiger partial charge in [0.05, 0.1) is 0 Å². The first-order valence-electron chi connectivity index (χ1n) is 3.39. The lowest BCUT2D eigenvalue weighted by Crippen LogP contribution is -2.20. The molecule has 1 heterocycles. The molecule has 0 bridgehead atoms. The minimum atomic E-state index is 0.197. The van der Waals surface area contributed by atoms with Crippen LogP contribution >= 0.6 is 0 Å².